The van der Waals surface area contributed by atoms with Crippen LogP contribution in [0.1, 0.15) is 11.1 Å². The lowest BCUT2D eigenvalue weighted by Crippen LogP contribution is -2.37. The number of benzene rings is 1. The fourth-order valence-corrected chi connectivity index (χ4v) is 1.94. The minimum absolute atomic E-state index is 0.130. The smallest absolute Gasteiger partial charge is 0.241 e. The van der Waals surface area contributed by atoms with E-state index >= 15 is 0 Å². The zero-order chi connectivity index (χ0) is 15.9. The van der Waals surface area contributed by atoms with Gasteiger partial charge in [-0.3, -0.25) is 9.48 Å². The van der Waals surface area contributed by atoms with E-state index in [4.69, 9.17) is 4.74 Å². The predicted octanol–water partition coefficient (Wildman–Crippen LogP) is 1.06. The summed E-state index contributed by atoms with van der Waals surface area (Å²) in [5.41, 5.74) is 2.09. The van der Waals surface area contributed by atoms with Crippen molar-refractivity contribution < 1.29 is 14.6 Å². The summed E-state index contributed by atoms with van der Waals surface area (Å²) >= 11 is 0. The third-order valence-corrected chi connectivity index (χ3v) is 3.03. The quantitative estimate of drug-likeness (QED) is 0.802. The first-order valence-corrected chi connectivity index (χ1v) is 7.16. The molecule has 0 saturated carbocycles. The minimum Gasteiger partial charge on any atom is -0.491 e. The van der Waals surface area contributed by atoms with E-state index < -0.39 is 6.10 Å². The van der Waals surface area contributed by atoms with Crippen LogP contribution in [0.15, 0.2) is 36.7 Å². The second-order valence-electron chi connectivity index (χ2n) is 5.30. The molecule has 1 aromatic heterocycles. The Hall–Kier alpha value is -2.34. The molecule has 2 N–H and O–H groups in total. The number of rotatable bonds is 7. The maximum absolute atomic E-state index is 11.7. The number of ether oxygens (including phenoxy) is 1. The number of carbonyl (C=O) groups is 1. The van der Waals surface area contributed by atoms with E-state index in [1.807, 2.05) is 38.1 Å². The van der Waals surface area contributed by atoms with Crippen LogP contribution in [-0.4, -0.2) is 40.0 Å². The molecule has 0 unspecified atom stereocenters. The van der Waals surface area contributed by atoms with Gasteiger partial charge in [-0.2, -0.15) is 5.10 Å². The predicted molar refractivity (Wildman–Crippen MR) is 82.7 cm³/mol. The maximum atomic E-state index is 11.7. The highest BCUT2D eigenvalue weighted by molar-refractivity contribution is 5.75. The van der Waals surface area contributed by atoms with Crippen molar-refractivity contribution >= 4 is 5.91 Å². The van der Waals surface area contributed by atoms with E-state index in [9.17, 15) is 9.90 Å². The Bertz CT molecular complexity index is 625. The first-order valence-electron chi connectivity index (χ1n) is 7.16. The molecule has 1 heterocycles. The average Bonchev–Trinajstić information content (AvgIpc) is 2.88. The van der Waals surface area contributed by atoms with Gasteiger partial charge in [-0.25, -0.2) is 0 Å². The van der Waals surface area contributed by atoms with E-state index in [1.54, 1.807) is 17.1 Å². The molecule has 0 aliphatic rings. The number of aliphatic hydroxyl groups excluding tert-OH is 1. The van der Waals surface area contributed by atoms with Crippen molar-refractivity contribution in [2.75, 3.05) is 13.2 Å². The Balaban J connectivity index is 1.68. The molecule has 0 radical (unpaired) electrons. The number of hydrogen-bond acceptors (Lipinski definition) is 4. The van der Waals surface area contributed by atoms with Gasteiger partial charge in [-0.15, -0.1) is 0 Å². The van der Waals surface area contributed by atoms with Crippen LogP contribution in [0.4, 0.5) is 0 Å². The number of amides is 1. The third kappa shape index (κ3) is 5.21. The summed E-state index contributed by atoms with van der Waals surface area (Å²) in [4.78, 5) is 11.7. The van der Waals surface area contributed by atoms with Gasteiger partial charge in [0.15, 0.2) is 0 Å². The summed E-state index contributed by atoms with van der Waals surface area (Å²) in [7, 11) is 0. The zero-order valence-corrected chi connectivity index (χ0v) is 12.8. The van der Waals surface area contributed by atoms with Gasteiger partial charge in [-0.05, 0) is 37.1 Å². The van der Waals surface area contributed by atoms with Gasteiger partial charge in [0.2, 0.25) is 5.91 Å². The Morgan fingerprint density at radius 2 is 2.23 bits per heavy atom. The maximum Gasteiger partial charge on any atom is 0.241 e. The molecule has 6 heteroatoms. The topological polar surface area (TPSA) is 76.4 Å². The fourth-order valence-electron chi connectivity index (χ4n) is 1.94. The number of nitrogens with one attached hydrogen (secondary N) is 1. The highest BCUT2D eigenvalue weighted by Crippen LogP contribution is 2.12. The number of aliphatic hydroxyl groups is 1. The molecule has 118 valence electrons. The molecule has 6 nitrogen and oxygen atoms in total. The summed E-state index contributed by atoms with van der Waals surface area (Å²) in [5.74, 6) is 0.509. The van der Waals surface area contributed by atoms with E-state index in [-0.39, 0.29) is 25.6 Å². The number of aryl methyl sites for hydroxylation is 2. The van der Waals surface area contributed by atoms with E-state index in [0.717, 1.165) is 11.1 Å². The summed E-state index contributed by atoms with van der Waals surface area (Å²) in [5, 5.41) is 16.5. The van der Waals surface area contributed by atoms with Gasteiger partial charge in [0, 0.05) is 12.7 Å². The highest BCUT2D eigenvalue weighted by atomic mass is 16.5. The van der Waals surface area contributed by atoms with Crippen LogP contribution in [0, 0.1) is 13.8 Å². The van der Waals surface area contributed by atoms with E-state index in [2.05, 4.69) is 10.4 Å². The van der Waals surface area contributed by atoms with Crippen LogP contribution in [-0.2, 0) is 11.3 Å². The zero-order valence-electron chi connectivity index (χ0n) is 12.8. The van der Waals surface area contributed by atoms with E-state index in [0.29, 0.717) is 5.75 Å². The molecule has 2 aromatic rings. The average molecular weight is 303 g/mol. The van der Waals surface area contributed by atoms with Crippen molar-refractivity contribution in [3.63, 3.8) is 0 Å². The summed E-state index contributed by atoms with van der Waals surface area (Å²) < 4.78 is 7.04. The number of nitrogens with zero attached hydrogens (tertiary/aromatic N) is 2. The van der Waals surface area contributed by atoms with Gasteiger partial charge < -0.3 is 15.2 Å². The van der Waals surface area contributed by atoms with Crippen molar-refractivity contribution in [3.8, 4) is 5.75 Å². The normalized spacial score (nSPS) is 12.0. The van der Waals surface area contributed by atoms with Crippen molar-refractivity contribution in [2.24, 2.45) is 0 Å². The number of hydrogen-bond donors (Lipinski definition) is 2. The molecular weight excluding hydrogens is 282 g/mol. The monoisotopic (exact) mass is 303 g/mol. The van der Waals surface area contributed by atoms with Crippen LogP contribution in [0.2, 0.25) is 0 Å². The Labute approximate surface area is 129 Å². The van der Waals surface area contributed by atoms with Gasteiger partial charge in [-0.1, -0.05) is 12.1 Å². The van der Waals surface area contributed by atoms with Crippen molar-refractivity contribution in [1.82, 2.24) is 15.1 Å². The summed E-state index contributed by atoms with van der Waals surface area (Å²) in [6.07, 6.45) is 2.72. The molecule has 0 aliphatic carbocycles. The highest BCUT2D eigenvalue weighted by Gasteiger charge is 2.09. The van der Waals surface area contributed by atoms with Gasteiger partial charge in [0.1, 0.15) is 25.0 Å². The molecule has 1 atom stereocenters. The van der Waals surface area contributed by atoms with Crippen molar-refractivity contribution in [2.45, 2.75) is 26.5 Å². The molecule has 0 aliphatic heterocycles. The Morgan fingerprint density at radius 1 is 1.41 bits per heavy atom. The molecular formula is C16H21N3O3. The largest absolute Gasteiger partial charge is 0.491 e. The minimum atomic E-state index is -0.760. The second kappa shape index (κ2) is 7.61. The van der Waals surface area contributed by atoms with Crippen LogP contribution < -0.4 is 10.1 Å². The van der Waals surface area contributed by atoms with Crippen molar-refractivity contribution in [3.05, 3.63) is 47.8 Å². The molecule has 0 saturated heterocycles. The third-order valence-electron chi connectivity index (χ3n) is 3.03. The van der Waals surface area contributed by atoms with Crippen LogP contribution >= 0.6 is 0 Å². The van der Waals surface area contributed by atoms with Crippen LogP contribution in [0.25, 0.3) is 0 Å². The molecule has 1 amide bonds. The first kappa shape index (κ1) is 16.0. The number of aromatic nitrogens is 2. The van der Waals surface area contributed by atoms with E-state index in [1.165, 1.54) is 0 Å². The molecule has 0 spiro atoms. The Kier molecular flexibility index (Phi) is 5.55. The molecule has 0 fully saturated rings. The van der Waals surface area contributed by atoms with Gasteiger partial charge in [0.05, 0.1) is 6.20 Å². The summed E-state index contributed by atoms with van der Waals surface area (Å²) in [6.45, 7) is 4.29. The molecule has 0 bridgehead atoms. The Morgan fingerprint density at radius 3 is 2.91 bits per heavy atom. The lowest BCUT2D eigenvalue weighted by atomic mass is 10.2. The lowest BCUT2D eigenvalue weighted by molar-refractivity contribution is -0.122. The lowest BCUT2D eigenvalue weighted by Gasteiger charge is -2.13. The summed E-state index contributed by atoms with van der Waals surface area (Å²) in [6, 6.07) is 7.59. The van der Waals surface area contributed by atoms with Crippen LogP contribution in [0.3, 0.4) is 0 Å². The first-order chi connectivity index (χ1) is 10.5. The molecule has 1 aromatic carbocycles. The van der Waals surface area contributed by atoms with Crippen molar-refractivity contribution in [1.29, 1.82) is 0 Å². The van der Waals surface area contributed by atoms with Gasteiger partial charge in [0.25, 0.3) is 0 Å². The van der Waals surface area contributed by atoms with Gasteiger partial charge >= 0.3 is 0 Å². The molecule has 2 rings (SSSR count). The molecule has 22 heavy (non-hydrogen) atoms. The number of carbonyl (C=O) groups excluding carboxylic acids is 1. The fraction of sp³-hybridized carbons (Fsp3) is 0.375. The second-order valence-corrected chi connectivity index (χ2v) is 5.30. The SMILES string of the molecule is Cc1cccc(OC[C@@H](O)CNC(=O)Cn2cc(C)cn2)c1. The van der Waals surface area contributed by atoms with Crippen LogP contribution in [0.5, 0.6) is 5.75 Å². The standard InChI is InChI=1S/C16H21N3O3/c1-12-4-3-5-15(6-12)22-11-14(20)8-17-16(21)10-19-9-13(2)7-18-19/h3-7,9,14,20H,8,10-11H2,1-2H3,(H,17,21)/t14-/m0/s1.